The van der Waals surface area contributed by atoms with Gasteiger partial charge in [-0.25, -0.2) is 0 Å². The first-order chi connectivity index (χ1) is 27.3. The van der Waals surface area contributed by atoms with Crippen molar-refractivity contribution in [1.82, 2.24) is 0 Å². The summed E-state index contributed by atoms with van der Waals surface area (Å²) >= 11 is 0. The van der Waals surface area contributed by atoms with Gasteiger partial charge in [0.25, 0.3) is 0 Å². The molecule has 0 fully saturated rings. The van der Waals surface area contributed by atoms with Gasteiger partial charge in [0, 0.05) is 16.8 Å². The minimum atomic E-state index is 1.11. The molecule has 11 rings (SSSR count). The maximum absolute atomic E-state index is 2.47. The molecule has 0 amide bonds. The molecule has 0 saturated carbocycles. The van der Waals surface area contributed by atoms with Crippen LogP contribution in [0.3, 0.4) is 0 Å². The van der Waals surface area contributed by atoms with Crippen LogP contribution < -0.4 is 4.90 Å². The van der Waals surface area contributed by atoms with Crippen LogP contribution in [0.2, 0.25) is 0 Å². The average Bonchev–Trinajstić information content (AvgIpc) is 3.26. The molecule has 0 N–H and O–H groups in total. The van der Waals surface area contributed by atoms with Crippen LogP contribution >= 0.6 is 0 Å². The minimum absolute atomic E-state index is 1.11. The summed E-state index contributed by atoms with van der Waals surface area (Å²) in [5.41, 5.74) is 8.20. The molecule has 11 aromatic carbocycles. The molecule has 0 radical (unpaired) electrons. The summed E-state index contributed by atoms with van der Waals surface area (Å²) in [6.07, 6.45) is 0. The number of hydrogen-bond donors (Lipinski definition) is 0. The van der Waals surface area contributed by atoms with E-state index in [1.165, 1.54) is 86.9 Å². The zero-order valence-electron chi connectivity index (χ0n) is 30.2. The highest BCUT2D eigenvalue weighted by Crippen LogP contribution is 2.45. The Morgan fingerprint density at radius 1 is 0.236 bits per heavy atom. The molecule has 0 aliphatic heterocycles. The normalized spacial score (nSPS) is 11.6. The average molecular weight is 698 g/mol. The van der Waals surface area contributed by atoms with E-state index in [2.05, 4.69) is 217 Å². The van der Waals surface area contributed by atoms with Crippen LogP contribution in [0.4, 0.5) is 17.1 Å². The van der Waals surface area contributed by atoms with Gasteiger partial charge >= 0.3 is 0 Å². The molecule has 0 spiro atoms. The van der Waals surface area contributed by atoms with Gasteiger partial charge in [0.2, 0.25) is 0 Å². The van der Waals surface area contributed by atoms with Crippen LogP contribution in [0.1, 0.15) is 0 Å². The van der Waals surface area contributed by atoms with Gasteiger partial charge in [-0.1, -0.05) is 170 Å². The van der Waals surface area contributed by atoms with Crippen molar-refractivity contribution in [3.05, 3.63) is 212 Å². The number of nitrogens with zero attached hydrogens (tertiary/aromatic N) is 1. The Hall–Kier alpha value is -7.22. The monoisotopic (exact) mass is 697 g/mol. The highest BCUT2D eigenvalue weighted by Gasteiger charge is 2.20. The molecular formula is C54H35N. The van der Waals surface area contributed by atoms with Crippen LogP contribution in [-0.2, 0) is 0 Å². The Balaban J connectivity index is 1.18. The first-order valence-corrected chi connectivity index (χ1v) is 19.0. The summed E-state index contributed by atoms with van der Waals surface area (Å²) in [4.78, 5) is 2.47. The third-order valence-electron chi connectivity index (χ3n) is 11.4. The fourth-order valence-corrected chi connectivity index (χ4v) is 8.86. The summed E-state index contributed by atoms with van der Waals surface area (Å²) in [6, 6.07) is 78.0. The molecule has 0 saturated heterocycles. The van der Waals surface area contributed by atoms with E-state index in [9.17, 15) is 0 Å². The van der Waals surface area contributed by atoms with E-state index in [4.69, 9.17) is 0 Å². The molecule has 55 heavy (non-hydrogen) atoms. The molecule has 0 aliphatic rings. The minimum Gasteiger partial charge on any atom is -0.310 e. The molecule has 0 atom stereocenters. The number of benzene rings is 11. The van der Waals surface area contributed by atoms with Gasteiger partial charge in [0.15, 0.2) is 0 Å². The molecule has 256 valence electrons. The first-order valence-electron chi connectivity index (χ1n) is 19.0. The SMILES string of the molecule is c1cc(-c2cc3ccccc3c3ccccc23)cc(N(c2cccc(-c3cc4ccccc4c4ccccc34)c2)c2cc3ccccc3c3ccccc23)c1. The van der Waals surface area contributed by atoms with Crippen molar-refractivity contribution in [3.8, 4) is 22.3 Å². The van der Waals surface area contributed by atoms with Gasteiger partial charge < -0.3 is 4.90 Å². The number of hydrogen-bond acceptors (Lipinski definition) is 1. The number of fused-ring (bicyclic) bond motifs is 9. The van der Waals surface area contributed by atoms with Crippen LogP contribution in [0.15, 0.2) is 212 Å². The van der Waals surface area contributed by atoms with E-state index in [-0.39, 0.29) is 0 Å². The van der Waals surface area contributed by atoms with Crippen molar-refractivity contribution < 1.29 is 0 Å². The summed E-state index contributed by atoms with van der Waals surface area (Å²) < 4.78 is 0. The maximum Gasteiger partial charge on any atom is 0.0546 e. The van der Waals surface area contributed by atoms with Crippen LogP contribution in [0, 0.1) is 0 Å². The third-order valence-corrected chi connectivity index (χ3v) is 11.4. The lowest BCUT2D eigenvalue weighted by molar-refractivity contribution is 1.30. The molecule has 0 aromatic heterocycles. The maximum atomic E-state index is 2.47. The Kier molecular flexibility index (Phi) is 7.25. The van der Waals surface area contributed by atoms with Crippen molar-refractivity contribution in [1.29, 1.82) is 0 Å². The van der Waals surface area contributed by atoms with Crippen molar-refractivity contribution >= 4 is 81.7 Å². The Morgan fingerprint density at radius 2 is 0.582 bits per heavy atom. The second kappa shape index (κ2) is 12.7. The predicted molar refractivity (Wildman–Crippen MR) is 237 cm³/mol. The quantitative estimate of drug-likeness (QED) is 0.162. The largest absolute Gasteiger partial charge is 0.310 e. The van der Waals surface area contributed by atoms with Crippen molar-refractivity contribution in [2.45, 2.75) is 0 Å². The molecule has 1 heteroatoms. The van der Waals surface area contributed by atoms with E-state index >= 15 is 0 Å². The van der Waals surface area contributed by atoms with Crippen molar-refractivity contribution in [2.24, 2.45) is 0 Å². The number of rotatable bonds is 5. The zero-order chi connectivity index (χ0) is 36.3. The van der Waals surface area contributed by atoms with E-state index in [1.54, 1.807) is 0 Å². The highest BCUT2D eigenvalue weighted by molar-refractivity contribution is 6.17. The van der Waals surface area contributed by atoms with Crippen molar-refractivity contribution in [2.75, 3.05) is 4.90 Å². The fourth-order valence-electron chi connectivity index (χ4n) is 8.86. The second-order valence-corrected chi connectivity index (χ2v) is 14.5. The van der Waals surface area contributed by atoms with E-state index in [1.807, 2.05) is 0 Å². The lowest BCUT2D eigenvalue weighted by atomic mass is 9.92. The lowest BCUT2D eigenvalue weighted by Gasteiger charge is -2.28. The van der Waals surface area contributed by atoms with Gasteiger partial charge in [-0.2, -0.15) is 0 Å². The van der Waals surface area contributed by atoms with Crippen LogP contribution in [0.25, 0.3) is 86.9 Å². The Labute approximate surface area is 320 Å². The van der Waals surface area contributed by atoms with Gasteiger partial charge in [-0.15, -0.1) is 0 Å². The fraction of sp³-hybridized carbons (Fsp3) is 0. The first kappa shape index (κ1) is 31.3. The summed E-state index contributed by atoms with van der Waals surface area (Å²) in [5.74, 6) is 0. The van der Waals surface area contributed by atoms with Gasteiger partial charge in [0.05, 0.1) is 5.69 Å². The summed E-state index contributed by atoms with van der Waals surface area (Å²) in [5, 5.41) is 15.0. The highest BCUT2D eigenvalue weighted by atomic mass is 15.1. The molecular weight excluding hydrogens is 663 g/mol. The summed E-state index contributed by atoms with van der Waals surface area (Å²) in [6.45, 7) is 0. The lowest BCUT2D eigenvalue weighted by Crippen LogP contribution is -2.11. The molecule has 0 heterocycles. The van der Waals surface area contributed by atoms with Crippen LogP contribution in [-0.4, -0.2) is 0 Å². The molecule has 0 unspecified atom stereocenters. The third kappa shape index (κ3) is 5.16. The smallest absolute Gasteiger partial charge is 0.0546 e. The second-order valence-electron chi connectivity index (χ2n) is 14.5. The Bertz CT molecular complexity index is 3120. The standard InChI is InChI=1S/C54H35N/c1-4-22-43-38(15-1)33-52(49-28-9-7-25-46(43)49)36-18-13-20-41(31-36)55(54-35-40-17-3-6-24-45(40)48-27-11-12-30-51(48)54)42-21-14-19-37(32-42)53-34-39-16-2-5-23-44(39)47-26-8-10-29-50(47)53/h1-35H. The predicted octanol–water partition coefficient (Wildman–Crippen LogP) is 15.4. The van der Waals surface area contributed by atoms with E-state index in [0.29, 0.717) is 0 Å². The molecule has 0 bridgehead atoms. The van der Waals surface area contributed by atoms with Gasteiger partial charge in [0.1, 0.15) is 0 Å². The molecule has 0 aliphatic carbocycles. The molecule has 1 nitrogen and oxygen atoms in total. The van der Waals surface area contributed by atoms with E-state index in [0.717, 1.165) is 17.1 Å². The van der Waals surface area contributed by atoms with Gasteiger partial charge in [-0.3, -0.25) is 0 Å². The van der Waals surface area contributed by atoms with Gasteiger partial charge in [-0.05, 0) is 124 Å². The topological polar surface area (TPSA) is 3.24 Å². The Morgan fingerprint density at radius 3 is 1.04 bits per heavy atom. The summed E-state index contributed by atoms with van der Waals surface area (Å²) in [7, 11) is 0. The zero-order valence-corrected chi connectivity index (χ0v) is 30.2. The van der Waals surface area contributed by atoms with Crippen molar-refractivity contribution in [3.63, 3.8) is 0 Å². The number of anilines is 3. The van der Waals surface area contributed by atoms with Crippen LogP contribution in [0.5, 0.6) is 0 Å². The van der Waals surface area contributed by atoms with E-state index < -0.39 is 0 Å². The molecule has 11 aromatic rings.